The van der Waals surface area contributed by atoms with Crippen molar-refractivity contribution in [2.75, 3.05) is 37.7 Å². The van der Waals surface area contributed by atoms with E-state index in [9.17, 15) is 14.7 Å². The van der Waals surface area contributed by atoms with Gasteiger partial charge in [-0.15, -0.1) is 0 Å². The molecule has 0 unspecified atom stereocenters. The molecule has 0 aliphatic carbocycles. The van der Waals surface area contributed by atoms with E-state index in [2.05, 4.69) is 10.2 Å². The minimum absolute atomic E-state index is 0.0677. The van der Waals surface area contributed by atoms with Gasteiger partial charge in [0.2, 0.25) is 0 Å². The Morgan fingerprint density at radius 1 is 1.07 bits per heavy atom. The number of phenols is 1. The summed E-state index contributed by atoms with van der Waals surface area (Å²) in [5.74, 6) is -0.448. The van der Waals surface area contributed by atoms with Crippen LogP contribution in [0, 0.1) is 0 Å². The van der Waals surface area contributed by atoms with Crippen LogP contribution in [0.4, 0.5) is 5.69 Å². The summed E-state index contributed by atoms with van der Waals surface area (Å²) < 4.78 is 5.26. The zero-order chi connectivity index (χ0) is 19.1. The molecule has 0 amide bonds. The SMILES string of the molecule is O=C1CC=CCOC(=O)c2c(O)cc(N3CCNCC3)cc2C=CCCC1. The fourth-order valence-electron chi connectivity index (χ4n) is 3.30. The number of aromatic hydroxyl groups is 1. The second-order valence-corrected chi connectivity index (χ2v) is 6.77. The first-order chi connectivity index (χ1) is 13.1. The first-order valence-corrected chi connectivity index (χ1v) is 9.48. The first kappa shape index (κ1) is 19.2. The third kappa shape index (κ3) is 5.20. The van der Waals surface area contributed by atoms with Crippen LogP contribution in [0.3, 0.4) is 0 Å². The van der Waals surface area contributed by atoms with Gasteiger partial charge >= 0.3 is 5.97 Å². The number of esters is 1. The number of carbonyl (C=O) groups excluding carboxylic acids is 2. The van der Waals surface area contributed by atoms with Crippen LogP contribution >= 0.6 is 0 Å². The van der Waals surface area contributed by atoms with Gasteiger partial charge in [-0.25, -0.2) is 4.79 Å². The van der Waals surface area contributed by atoms with Gasteiger partial charge in [-0.1, -0.05) is 24.3 Å². The number of ketones is 1. The lowest BCUT2D eigenvalue weighted by Crippen LogP contribution is -2.43. The number of ether oxygens (including phenoxy) is 1. The number of nitrogens with zero attached hydrogens (tertiary/aromatic N) is 1. The van der Waals surface area contributed by atoms with Crippen molar-refractivity contribution in [2.24, 2.45) is 0 Å². The predicted molar refractivity (Wildman–Crippen MR) is 105 cm³/mol. The van der Waals surface area contributed by atoms with Crippen LogP contribution < -0.4 is 10.2 Å². The lowest BCUT2D eigenvalue weighted by molar-refractivity contribution is -0.118. The van der Waals surface area contributed by atoms with E-state index in [0.717, 1.165) is 44.7 Å². The highest BCUT2D eigenvalue weighted by atomic mass is 16.5. The molecule has 0 aromatic heterocycles. The van der Waals surface area contributed by atoms with Gasteiger partial charge in [0, 0.05) is 50.8 Å². The molecule has 1 aromatic rings. The maximum absolute atomic E-state index is 12.5. The molecule has 6 nitrogen and oxygen atoms in total. The van der Waals surface area contributed by atoms with Gasteiger partial charge in [0.1, 0.15) is 23.7 Å². The Balaban J connectivity index is 1.91. The number of piperazine rings is 1. The molecule has 27 heavy (non-hydrogen) atoms. The summed E-state index contributed by atoms with van der Waals surface area (Å²) in [6.07, 6.45) is 9.59. The molecule has 1 fully saturated rings. The second kappa shape index (κ2) is 9.37. The standard InChI is InChI=1S/C21H26N2O4/c24-18-7-3-1-2-6-16-14-17(23-11-9-22-10-12-23)15-19(25)20(16)21(26)27-13-5-4-8-18/h2,4-6,14-15,22,25H,1,3,7-13H2. The van der Waals surface area contributed by atoms with Crippen LogP contribution in [0.1, 0.15) is 41.6 Å². The van der Waals surface area contributed by atoms with Gasteiger partial charge < -0.3 is 20.1 Å². The number of carbonyl (C=O) groups is 2. The van der Waals surface area contributed by atoms with Crippen molar-refractivity contribution in [1.82, 2.24) is 5.32 Å². The minimum atomic E-state index is -0.563. The number of anilines is 1. The van der Waals surface area contributed by atoms with E-state index >= 15 is 0 Å². The smallest absolute Gasteiger partial charge is 0.342 e. The highest BCUT2D eigenvalue weighted by Gasteiger charge is 2.20. The summed E-state index contributed by atoms with van der Waals surface area (Å²) in [4.78, 5) is 26.4. The summed E-state index contributed by atoms with van der Waals surface area (Å²) in [7, 11) is 0. The van der Waals surface area contributed by atoms with Gasteiger partial charge in [0.15, 0.2) is 0 Å². The van der Waals surface area contributed by atoms with Crippen LogP contribution in [0.2, 0.25) is 0 Å². The molecule has 1 aromatic carbocycles. The summed E-state index contributed by atoms with van der Waals surface area (Å²) in [6.45, 7) is 3.54. The Kier molecular flexibility index (Phi) is 6.65. The number of hydrogen-bond acceptors (Lipinski definition) is 6. The fourth-order valence-corrected chi connectivity index (χ4v) is 3.30. The number of nitrogens with one attached hydrogen (secondary N) is 1. The number of allylic oxidation sites excluding steroid dienone is 2. The normalized spacial score (nSPS) is 19.3. The van der Waals surface area contributed by atoms with Gasteiger partial charge in [0.25, 0.3) is 0 Å². The van der Waals surface area contributed by atoms with Crippen molar-refractivity contribution in [3.8, 4) is 5.75 Å². The molecule has 0 saturated carbocycles. The molecule has 144 valence electrons. The summed E-state index contributed by atoms with van der Waals surface area (Å²) >= 11 is 0. The van der Waals surface area contributed by atoms with Crippen LogP contribution in [0.25, 0.3) is 6.08 Å². The number of cyclic esters (lactones) is 1. The number of rotatable bonds is 1. The molecule has 0 bridgehead atoms. The summed E-state index contributed by atoms with van der Waals surface area (Å²) in [5.41, 5.74) is 1.72. The molecule has 2 heterocycles. The molecule has 0 spiro atoms. The average Bonchev–Trinajstić information content (AvgIpc) is 2.67. The van der Waals surface area contributed by atoms with E-state index in [-0.39, 0.29) is 23.7 Å². The van der Waals surface area contributed by atoms with Crippen molar-refractivity contribution in [3.63, 3.8) is 0 Å². The number of phenolic OH excluding ortho intramolecular Hbond substituents is 1. The van der Waals surface area contributed by atoms with E-state index in [1.807, 2.05) is 18.2 Å². The molecule has 0 atom stereocenters. The molecular formula is C21H26N2O4. The molecule has 3 rings (SSSR count). The van der Waals surface area contributed by atoms with Crippen LogP contribution in [0.5, 0.6) is 5.75 Å². The van der Waals surface area contributed by atoms with E-state index < -0.39 is 5.97 Å². The molecule has 2 N–H and O–H groups in total. The number of Topliss-reactive ketones (excluding diaryl/α,β-unsaturated/α-hetero) is 1. The maximum atomic E-state index is 12.5. The largest absolute Gasteiger partial charge is 0.507 e. The number of fused-ring (bicyclic) bond motifs is 1. The molecule has 6 heteroatoms. The predicted octanol–water partition coefficient (Wildman–Crippen LogP) is 2.67. The Bertz CT molecular complexity index is 749. The summed E-state index contributed by atoms with van der Waals surface area (Å²) in [5, 5.41) is 13.8. The molecule has 2 aliphatic rings. The third-order valence-corrected chi connectivity index (χ3v) is 4.77. The van der Waals surface area contributed by atoms with Crippen LogP contribution in [0.15, 0.2) is 30.4 Å². The van der Waals surface area contributed by atoms with Gasteiger partial charge in [0.05, 0.1) is 0 Å². The topological polar surface area (TPSA) is 78.9 Å². The zero-order valence-electron chi connectivity index (χ0n) is 15.4. The molecular weight excluding hydrogens is 344 g/mol. The fraction of sp³-hybridized carbons (Fsp3) is 0.429. The molecule has 0 radical (unpaired) electrons. The Labute approximate surface area is 159 Å². The molecule has 1 saturated heterocycles. The molecule has 2 aliphatic heterocycles. The lowest BCUT2D eigenvalue weighted by atomic mass is 10.0. The first-order valence-electron chi connectivity index (χ1n) is 9.48. The van der Waals surface area contributed by atoms with Gasteiger partial charge in [-0.2, -0.15) is 0 Å². The van der Waals surface area contributed by atoms with E-state index in [1.54, 1.807) is 18.2 Å². The van der Waals surface area contributed by atoms with E-state index in [0.29, 0.717) is 18.4 Å². The third-order valence-electron chi connectivity index (χ3n) is 4.77. The van der Waals surface area contributed by atoms with Crippen LogP contribution in [-0.2, 0) is 9.53 Å². The Morgan fingerprint density at radius 3 is 2.70 bits per heavy atom. The number of hydrogen-bond donors (Lipinski definition) is 2. The monoisotopic (exact) mass is 370 g/mol. The Morgan fingerprint density at radius 2 is 1.89 bits per heavy atom. The van der Waals surface area contributed by atoms with Crippen molar-refractivity contribution in [2.45, 2.75) is 25.7 Å². The minimum Gasteiger partial charge on any atom is -0.507 e. The van der Waals surface area contributed by atoms with E-state index in [1.165, 1.54) is 0 Å². The van der Waals surface area contributed by atoms with Gasteiger partial charge in [-0.3, -0.25) is 4.79 Å². The van der Waals surface area contributed by atoms with Crippen LogP contribution in [-0.4, -0.2) is 49.6 Å². The maximum Gasteiger partial charge on any atom is 0.342 e. The van der Waals surface area contributed by atoms with Crippen molar-refractivity contribution < 1.29 is 19.4 Å². The van der Waals surface area contributed by atoms with Crippen molar-refractivity contribution in [1.29, 1.82) is 0 Å². The highest BCUT2D eigenvalue weighted by Crippen LogP contribution is 2.31. The Hall–Kier alpha value is -2.60. The lowest BCUT2D eigenvalue weighted by Gasteiger charge is -2.30. The summed E-state index contributed by atoms with van der Waals surface area (Å²) in [6, 6.07) is 3.56. The van der Waals surface area contributed by atoms with Gasteiger partial charge in [-0.05, 0) is 24.5 Å². The highest BCUT2D eigenvalue weighted by molar-refractivity contribution is 5.97. The van der Waals surface area contributed by atoms with Crippen molar-refractivity contribution >= 4 is 23.5 Å². The zero-order valence-corrected chi connectivity index (χ0v) is 15.4. The quantitative estimate of drug-likeness (QED) is 0.585. The second-order valence-electron chi connectivity index (χ2n) is 6.77. The van der Waals surface area contributed by atoms with Crippen molar-refractivity contribution in [3.05, 3.63) is 41.5 Å². The average molecular weight is 370 g/mol. The number of benzene rings is 1. The van der Waals surface area contributed by atoms with E-state index in [4.69, 9.17) is 4.74 Å².